The standard InChI is InChI=1S/C28H54N8.C25H51N/c1-9-29-15-17-31-13-3-21-35(23-19-33-11-1)25-27-5-7-28(8-6-27)26-36-22-4-14-32-18-16-30-10-2-12-34-20-24-36;1-3-5-6-7-8-12-15-18-22-25(21-4-2)26-23-19-16-13-10-9-11-14-17-20-24-26/h5-8,29-34H,1-4,9-26H2;25H,3-24H2,1-2H3. The monoisotopic (exact) mass is 868 g/mol. The van der Waals surface area contributed by atoms with E-state index in [1.54, 1.807) is 0 Å². The van der Waals surface area contributed by atoms with E-state index in [0.29, 0.717) is 0 Å². The third-order valence-corrected chi connectivity index (χ3v) is 13.5. The molecule has 0 spiro atoms. The zero-order valence-electron chi connectivity index (χ0n) is 41.3. The van der Waals surface area contributed by atoms with Crippen molar-refractivity contribution in [3.63, 3.8) is 0 Å². The summed E-state index contributed by atoms with van der Waals surface area (Å²) in [5, 5.41) is 21.4. The third-order valence-electron chi connectivity index (χ3n) is 13.5. The number of nitrogens with zero attached hydrogens (tertiary/aromatic N) is 3. The molecule has 9 nitrogen and oxygen atoms in total. The number of nitrogens with one attached hydrogen (secondary N) is 6. The molecule has 9 heteroatoms. The molecule has 1 atom stereocenters. The summed E-state index contributed by atoms with van der Waals surface area (Å²) >= 11 is 0. The molecule has 3 aliphatic rings. The van der Waals surface area contributed by atoms with Crippen LogP contribution in [0.5, 0.6) is 0 Å². The first-order chi connectivity index (χ1) is 30.8. The Hall–Kier alpha value is -1.14. The van der Waals surface area contributed by atoms with E-state index in [4.69, 9.17) is 0 Å². The number of unbranched alkanes of at least 4 members (excludes halogenated alkanes) is 7. The minimum Gasteiger partial charge on any atom is -0.315 e. The van der Waals surface area contributed by atoms with Gasteiger partial charge in [0.05, 0.1) is 0 Å². The predicted molar refractivity (Wildman–Crippen MR) is 272 cm³/mol. The van der Waals surface area contributed by atoms with Gasteiger partial charge in [-0.25, -0.2) is 0 Å². The molecule has 0 aromatic heterocycles. The Labute approximate surface area is 385 Å². The van der Waals surface area contributed by atoms with Crippen LogP contribution in [0.4, 0.5) is 0 Å². The molecule has 1 unspecified atom stereocenters. The van der Waals surface area contributed by atoms with E-state index in [9.17, 15) is 0 Å². The van der Waals surface area contributed by atoms with Crippen molar-refractivity contribution in [2.45, 2.75) is 187 Å². The molecule has 4 rings (SSSR count). The Balaban J connectivity index is 0.000000349. The molecule has 0 saturated carbocycles. The van der Waals surface area contributed by atoms with Crippen LogP contribution < -0.4 is 31.9 Å². The molecular formula is C53H105N9. The molecule has 6 N–H and O–H groups in total. The van der Waals surface area contributed by atoms with Crippen LogP contribution in [0, 0.1) is 0 Å². The second-order valence-corrected chi connectivity index (χ2v) is 19.2. The summed E-state index contributed by atoms with van der Waals surface area (Å²) in [5.41, 5.74) is 2.86. The van der Waals surface area contributed by atoms with E-state index in [0.717, 1.165) is 124 Å². The van der Waals surface area contributed by atoms with Crippen LogP contribution in [0.15, 0.2) is 24.3 Å². The van der Waals surface area contributed by atoms with Gasteiger partial charge in [0.25, 0.3) is 0 Å². The van der Waals surface area contributed by atoms with Crippen LogP contribution in [0.1, 0.15) is 179 Å². The lowest BCUT2D eigenvalue weighted by molar-refractivity contribution is 0.164. The van der Waals surface area contributed by atoms with Crippen LogP contribution in [-0.2, 0) is 13.1 Å². The summed E-state index contributed by atoms with van der Waals surface area (Å²) in [6.07, 6.45) is 33.9. The Morgan fingerprint density at radius 3 is 1.18 bits per heavy atom. The highest BCUT2D eigenvalue weighted by Crippen LogP contribution is 2.20. The van der Waals surface area contributed by atoms with Gasteiger partial charge in [0.1, 0.15) is 0 Å². The Morgan fingerprint density at radius 1 is 0.355 bits per heavy atom. The summed E-state index contributed by atoms with van der Waals surface area (Å²) < 4.78 is 0. The maximum Gasteiger partial charge on any atom is 0.0234 e. The van der Waals surface area contributed by atoms with Gasteiger partial charge in [-0.2, -0.15) is 0 Å². The summed E-state index contributed by atoms with van der Waals surface area (Å²) in [7, 11) is 0. The van der Waals surface area contributed by atoms with Crippen molar-refractivity contribution in [2.24, 2.45) is 0 Å². The van der Waals surface area contributed by atoms with Crippen molar-refractivity contribution in [1.82, 2.24) is 46.6 Å². The van der Waals surface area contributed by atoms with Gasteiger partial charge in [0, 0.05) is 71.5 Å². The second kappa shape index (κ2) is 41.3. The van der Waals surface area contributed by atoms with Crippen molar-refractivity contribution < 1.29 is 0 Å². The fourth-order valence-electron chi connectivity index (χ4n) is 9.62. The van der Waals surface area contributed by atoms with Gasteiger partial charge in [-0.05, 0) is 128 Å². The smallest absolute Gasteiger partial charge is 0.0234 e. The fourth-order valence-corrected chi connectivity index (χ4v) is 9.62. The first kappa shape index (κ1) is 55.2. The van der Waals surface area contributed by atoms with E-state index in [1.165, 1.54) is 178 Å². The fraction of sp³-hybridized carbons (Fsp3) is 0.887. The van der Waals surface area contributed by atoms with Crippen molar-refractivity contribution in [3.05, 3.63) is 35.4 Å². The first-order valence-electron chi connectivity index (χ1n) is 27.3. The molecule has 3 aliphatic heterocycles. The van der Waals surface area contributed by atoms with Gasteiger partial charge in [-0.15, -0.1) is 0 Å². The summed E-state index contributed by atoms with van der Waals surface area (Å²) in [4.78, 5) is 8.14. The van der Waals surface area contributed by atoms with Crippen LogP contribution in [-0.4, -0.2) is 139 Å². The summed E-state index contributed by atoms with van der Waals surface area (Å²) in [5.74, 6) is 0. The van der Waals surface area contributed by atoms with E-state index in [1.807, 2.05) is 0 Å². The topological polar surface area (TPSA) is 81.9 Å². The van der Waals surface area contributed by atoms with Gasteiger partial charge in [-0.1, -0.05) is 141 Å². The zero-order chi connectivity index (χ0) is 43.6. The van der Waals surface area contributed by atoms with Gasteiger partial charge in [-0.3, -0.25) is 9.80 Å². The van der Waals surface area contributed by atoms with E-state index in [-0.39, 0.29) is 0 Å². The Bertz CT molecular complexity index is 979. The largest absolute Gasteiger partial charge is 0.315 e. The molecule has 0 amide bonds. The van der Waals surface area contributed by atoms with Crippen molar-refractivity contribution in [3.8, 4) is 0 Å². The van der Waals surface area contributed by atoms with E-state index >= 15 is 0 Å². The minimum atomic E-state index is 0.878. The molecule has 62 heavy (non-hydrogen) atoms. The predicted octanol–water partition coefficient (Wildman–Crippen LogP) is 8.93. The maximum absolute atomic E-state index is 3.63. The van der Waals surface area contributed by atoms with E-state index in [2.05, 4.69) is 84.7 Å². The lowest BCUT2D eigenvalue weighted by atomic mass is 9.99. The van der Waals surface area contributed by atoms with E-state index < -0.39 is 0 Å². The molecule has 0 bridgehead atoms. The normalized spacial score (nSPS) is 21.5. The van der Waals surface area contributed by atoms with Gasteiger partial charge < -0.3 is 36.8 Å². The number of hydrogen-bond donors (Lipinski definition) is 6. The Morgan fingerprint density at radius 2 is 0.742 bits per heavy atom. The molecule has 3 saturated heterocycles. The van der Waals surface area contributed by atoms with Gasteiger partial charge >= 0.3 is 0 Å². The molecule has 1 aromatic carbocycles. The van der Waals surface area contributed by atoms with Crippen molar-refractivity contribution in [2.75, 3.05) is 118 Å². The van der Waals surface area contributed by atoms with Crippen LogP contribution >= 0.6 is 0 Å². The maximum atomic E-state index is 3.63. The summed E-state index contributed by atoms with van der Waals surface area (Å²) in [6.45, 7) is 27.1. The lowest BCUT2D eigenvalue weighted by Crippen LogP contribution is -2.37. The van der Waals surface area contributed by atoms with Gasteiger partial charge in [0.2, 0.25) is 0 Å². The van der Waals surface area contributed by atoms with Crippen molar-refractivity contribution >= 4 is 0 Å². The average molecular weight is 868 g/mol. The minimum absolute atomic E-state index is 0.878. The highest BCUT2D eigenvalue weighted by atomic mass is 15.2. The van der Waals surface area contributed by atoms with Crippen LogP contribution in [0.25, 0.3) is 0 Å². The molecule has 0 aliphatic carbocycles. The second-order valence-electron chi connectivity index (χ2n) is 19.2. The molecule has 3 heterocycles. The summed E-state index contributed by atoms with van der Waals surface area (Å²) in [6, 6.07) is 10.3. The quantitative estimate of drug-likeness (QED) is 0.0914. The lowest BCUT2D eigenvalue weighted by Gasteiger charge is -2.32. The Kier molecular flexibility index (Phi) is 36.8. The highest BCUT2D eigenvalue weighted by molar-refractivity contribution is 5.22. The SMILES string of the molecule is CCCCCCCCCCC(CCC)N1CCCCCCCCCCC1.c1cc(CN2CCCNCCNCCCNCC2)ccc1CN1CCCNCCNCCCNCC1. The first-order valence-corrected chi connectivity index (χ1v) is 27.3. The average Bonchev–Trinajstić information content (AvgIpc) is 3.28. The number of benzene rings is 1. The van der Waals surface area contributed by atoms with Gasteiger partial charge in [0.15, 0.2) is 0 Å². The highest BCUT2D eigenvalue weighted by Gasteiger charge is 2.17. The number of rotatable bonds is 16. The molecule has 1 aromatic rings. The molecule has 3 fully saturated rings. The molecular weight excluding hydrogens is 763 g/mol. The van der Waals surface area contributed by atoms with Crippen LogP contribution in [0.2, 0.25) is 0 Å². The molecule has 0 radical (unpaired) electrons. The number of hydrogen-bond acceptors (Lipinski definition) is 9. The third kappa shape index (κ3) is 30.9. The molecule has 362 valence electrons. The van der Waals surface area contributed by atoms with Crippen LogP contribution in [0.3, 0.4) is 0 Å². The van der Waals surface area contributed by atoms with Crippen molar-refractivity contribution in [1.29, 1.82) is 0 Å². The zero-order valence-corrected chi connectivity index (χ0v) is 41.3.